The van der Waals surface area contributed by atoms with Crippen LogP contribution in [-0.4, -0.2) is 54.5 Å². The predicted molar refractivity (Wildman–Crippen MR) is 119 cm³/mol. The first-order valence-electron chi connectivity index (χ1n) is 10.3. The van der Waals surface area contributed by atoms with Crippen LogP contribution in [0.1, 0.15) is 36.0 Å². The lowest BCUT2D eigenvalue weighted by molar-refractivity contribution is 0.176. The van der Waals surface area contributed by atoms with Crippen molar-refractivity contribution in [3.63, 3.8) is 0 Å². The highest BCUT2D eigenvalue weighted by Crippen LogP contribution is 2.19. The number of aliphatic imine (C=N–C) groups is 1. The minimum absolute atomic E-state index is 0.708. The largest absolute Gasteiger partial charge is 0.356 e. The normalized spacial score (nSPS) is 16.3. The average molecular weight is 400 g/mol. The van der Waals surface area contributed by atoms with E-state index in [1.807, 2.05) is 6.07 Å². The Labute approximate surface area is 173 Å². The second-order valence-electron chi connectivity index (χ2n) is 7.71. The number of nitrogens with one attached hydrogen (secondary N) is 1. The number of aryl methyl sites for hydroxylation is 1. The Morgan fingerprint density at radius 1 is 1.25 bits per heavy atom. The zero-order chi connectivity index (χ0) is 19.8. The van der Waals surface area contributed by atoms with Crippen molar-refractivity contribution < 1.29 is 0 Å². The lowest BCUT2D eigenvalue weighted by Gasteiger charge is -2.32. The van der Waals surface area contributed by atoms with Crippen molar-refractivity contribution >= 4 is 17.3 Å². The topological polar surface area (TPSA) is 43.8 Å². The molecule has 0 unspecified atom stereocenters. The first-order valence-corrected chi connectivity index (χ1v) is 11.2. The number of rotatable bonds is 7. The van der Waals surface area contributed by atoms with E-state index < -0.39 is 0 Å². The molecule has 0 bridgehead atoms. The fourth-order valence-electron chi connectivity index (χ4n) is 3.50. The molecule has 1 aromatic carbocycles. The van der Waals surface area contributed by atoms with Crippen LogP contribution < -0.4 is 5.32 Å². The van der Waals surface area contributed by atoms with Crippen LogP contribution in [0, 0.1) is 5.92 Å². The number of aromatic nitrogens is 1. The number of nitrogens with zero attached hydrogens (tertiary/aromatic N) is 4. The van der Waals surface area contributed by atoms with Crippen molar-refractivity contribution in [1.29, 1.82) is 0 Å². The summed E-state index contributed by atoms with van der Waals surface area (Å²) >= 11 is 1.79. The highest BCUT2D eigenvalue weighted by Gasteiger charge is 2.20. The Balaban J connectivity index is 1.42. The molecule has 1 aliphatic heterocycles. The second-order valence-corrected chi connectivity index (χ2v) is 8.65. The standard InChI is InChI=1S/C22H33N5S/c1-4-21-25-20(17-28-21)16-27-12-10-19(11-13-27)15-24-22(26(2)3)23-14-18-8-6-5-7-9-18/h5-9,17,19H,4,10-16H2,1-3H3,(H,23,24). The van der Waals surface area contributed by atoms with Crippen LogP contribution in [-0.2, 0) is 19.5 Å². The van der Waals surface area contributed by atoms with Gasteiger partial charge in [0.05, 0.1) is 17.2 Å². The van der Waals surface area contributed by atoms with E-state index in [1.54, 1.807) is 11.3 Å². The van der Waals surface area contributed by atoms with E-state index in [-0.39, 0.29) is 0 Å². The van der Waals surface area contributed by atoms with Gasteiger partial charge in [-0.2, -0.15) is 0 Å². The summed E-state index contributed by atoms with van der Waals surface area (Å²) in [6, 6.07) is 10.4. The number of thiazole rings is 1. The zero-order valence-electron chi connectivity index (χ0n) is 17.4. The quantitative estimate of drug-likeness (QED) is 0.570. The van der Waals surface area contributed by atoms with Gasteiger partial charge in [-0.15, -0.1) is 11.3 Å². The monoisotopic (exact) mass is 399 g/mol. The van der Waals surface area contributed by atoms with Crippen LogP contribution in [0.3, 0.4) is 0 Å². The predicted octanol–water partition coefficient (Wildman–Crippen LogP) is 3.62. The van der Waals surface area contributed by atoms with E-state index in [9.17, 15) is 0 Å². The van der Waals surface area contributed by atoms with Gasteiger partial charge in [0, 0.05) is 32.6 Å². The fraction of sp³-hybridized carbons (Fsp3) is 0.545. The second kappa shape index (κ2) is 10.6. The molecule has 28 heavy (non-hydrogen) atoms. The molecule has 152 valence electrons. The van der Waals surface area contributed by atoms with Crippen LogP contribution in [0.2, 0.25) is 0 Å². The Hall–Kier alpha value is -1.92. The summed E-state index contributed by atoms with van der Waals surface area (Å²) in [5.41, 5.74) is 2.48. The minimum Gasteiger partial charge on any atom is -0.356 e. The summed E-state index contributed by atoms with van der Waals surface area (Å²) in [4.78, 5) is 14.1. The van der Waals surface area contributed by atoms with Crippen LogP contribution >= 0.6 is 11.3 Å². The molecule has 0 atom stereocenters. The molecule has 1 aromatic heterocycles. The van der Waals surface area contributed by atoms with Crippen molar-refractivity contribution in [1.82, 2.24) is 20.1 Å². The Morgan fingerprint density at radius 2 is 2.00 bits per heavy atom. The first kappa shape index (κ1) is 20.8. The SMILES string of the molecule is CCc1nc(CN2CCC(CNC(=NCc3ccccc3)N(C)C)CC2)cs1. The molecule has 0 aliphatic carbocycles. The highest BCUT2D eigenvalue weighted by atomic mass is 32.1. The summed E-state index contributed by atoms with van der Waals surface area (Å²) < 4.78 is 0. The maximum absolute atomic E-state index is 4.77. The number of hydrogen-bond donors (Lipinski definition) is 1. The van der Waals surface area contributed by atoms with E-state index in [0.29, 0.717) is 12.5 Å². The highest BCUT2D eigenvalue weighted by molar-refractivity contribution is 7.09. The molecule has 1 N–H and O–H groups in total. The number of guanidine groups is 1. The van der Waals surface area contributed by atoms with Crippen LogP contribution in [0.25, 0.3) is 0 Å². The lowest BCUT2D eigenvalue weighted by atomic mass is 9.97. The maximum Gasteiger partial charge on any atom is 0.193 e. The molecule has 1 aliphatic rings. The van der Waals surface area contributed by atoms with E-state index in [1.165, 1.54) is 29.1 Å². The van der Waals surface area contributed by atoms with Gasteiger partial charge >= 0.3 is 0 Å². The Morgan fingerprint density at radius 3 is 2.64 bits per heavy atom. The third-order valence-corrected chi connectivity index (χ3v) is 6.26. The lowest BCUT2D eigenvalue weighted by Crippen LogP contribution is -2.42. The van der Waals surface area contributed by atoms with Gasteiger partial charge in [-0.25, -0.2) is 9.98 Å². The molecule has 2 heterocycles. The number of piperidine rings is 1. The molecule has 0 saturated carbocycles. The Bertz CT molecular complexity index is 732. The molecule has 0 spiro atoms. The molecule has 1 fully saturated rings. The van der Waals surface area contributed by atoms with Gasteiger partial charge in [0.25, 0.3) is 0 Å². The molecule has 1 saturated heterocycles. The van der Waals surface area contributed by atoms with Crippen LogP contribution in [0.15, 0.2) is 40.7 Å². The minimum atomic E-state index is 0.708. The molecular weight excluding hydrogens is 366 g/mol. The molecular formula is C22H33N5S. The molecule has 5 nitrogen and oxygen atoms in total. The van der Waals surface area contributed by atoms with E-state index in [0.717, 1.165) is 38.6 Å². The van der Waals surface area contributed by atoms with Crippen molar-refractivity contribution in [3.05, 3.63) is 52.0 Å². The molecule has 6 heteroatoms. The third-order valence-electron chi connectivity index (χ3n) is 5.22. The molecule has 2 aromatic rings. The van der Waals surface area contributed by atoms with Crippen molar-refractivity contribution in [2.24, 2.45) is 10.9 Å². The summed E-state index contributed by atoms with van der Waals surface area (Å²) in [7, 11) is 4.11. The van der Waals surface area contributed by atoms with Gasteiger partial charge in [0.15, 0.2) is 5.96 Å². The van der Waals surface area contributed by atoms with Gasteiger partial charge in [0.2, 0.25) is 0 Å². The van der Waals surface area contributed by atoms with E-state index >= 15 is 0 Å². The van der Waals surface area contributed by atoms with Crippen molar-refractivity contribution in [2.75, 3.05) is 33.7 Å². The zero-order valence-corrected chi connectivity index (χ0v) is 18.2. The van der Waals surface area contributed by atoms with E-state index in [2.05, 4.69) is 65.8 Å². The summed E-state index contributed by atoms with van der Waals surface area (Å²) in [5.74, 6) is 1.68. The fourth-order valence-corrected chi connectivity index (χ4v) is 4.24. The summed E-state index contributed by atoms with van der Waals surface area (Å²) in [6.07, 6.45) is 3.51. The van der Waals surface area contributed by atoms with Gasteiger partial charge in [-0.3, -0.25) is 4.90 Å². The molecule has 0 amide bonds. The number of benzene rings is 1. The van der Waals surface area contributed by atoms with Crippen LogP contribution in [0.4, 0.5) is 0 Å². The van der Waals surface area contributed by atoms with Gasteiger partial charge in [0.1, 0.15) is 0 Å². The number of hydrogen-bond acceptors (Lipinski definition) is 4. The van der Waals surface area contributed by atoms with Crippen molar-refractivity contribution in [3.8, 4) is 0 Å². The van der Waals surface area contributed by atoms with E-state index in [4.69, 9.17) is 9.98 Å². The smallest absolute Gasteiger partial charge is 0.193 e. The third kappa shape index (κ3) is 6.31. The summed E-state index contributed by atoms with van der Waals surface area (Å²) in [5, 5.41) is 7.05. The molecule has 0 radical (unpaired) electrons. The average Bonchev–Trinajstić information content (AvgIpc) is 3.17. The van der Waals surface area contributed by atoms with Gasteiger partial charge < -0.3 is 10.2 Å². The number of likely N-dealkylation sites (tertiary alicyclic amines) is 1. The van der Waals surface area contributed by atoms with Gasteiger partial charge in [-0.05, 0) is 43.8 Å². The maximum atomic E-state index is 4.77. The van der Waals surface area contributed by atoms with Gasteiger partial charge in [-0.1, -0.05) is 37.3 Å². The Kier molecular flexibility index (Phi) is 7.86. The van der Waals surface area contributed by atoms with Crippen LogP contribution in [0.5, 0.6) is 0 Å². The molecule has 3 rings (SSSR count). The first-order chi connectivity index (χ1) is 13.6. The summed E-state index contributed by atoms with van der Waals surface area (Å²) in [6.45, 7) is 7.20. The van der Waals surface area contributed by atoms with Crippen molar-refractivity contribution in [2.45, 2.75) is 39.3 Å².